The van der Waals surface area contributed by atoms with E-state index < -0.39 is 6.29 Å². The van der Waals surface area contributed by atoms with Gasteiger partial charge in [-0.05, 0) is 17.7 Å². The van der Waals surface area contributed by atoms with Crippen LogP contribution in [0.3, 0.4) is 0 Å². The third-order valence-electron chi connectivity index (χ3n) is 2.69. The van der Waals surface area contributed by atoms with Crippen LogP contribution in [0.25, 0.3) is 0 Å². The Hall–Kier alpha value is -1.30. The van der Waals surface area contributed by atoms with Gasteiger partial charge in [-0.2, -0.15) is 0 Å². The van der Waals surface area contributed by atoms with E-state index in [1.54, 1.807) is 21.3 Å². The Balaban J connectivity index is 2.25. The molecule has 1 heterocycles. The fraction of sp³-hybridized carbons (Fsp3) is 0.500. The molecule has 0 unspecified atom stereocenters. The number of methoxy groups -OCH3 is 3. The number of hydrogen-bond donors (Lipinski definition) is 0. The van der Waals surface area contributed by atoms with Crippen molar-refractivity contribution in [2.24, 2.45) is 0 Å². The van der Waals surface area contributed by atoms with Gasteiger partial charge in [0.05, 0.1) is 0 Å². The number of rotatable bonds is 5. The summed E-state index contributed by atoms with van der Waals surface area (Å²) in [6.45, 7) is 0.258. The molecule has 5 heteroatoms. The average molecular weight is 240 g/mol. The summed E-state index contributed by atoms with van der Waals surface area (Å²) in [6, 6.07) is 5.64. The summed E-state index contributed by atoms with van der Waals surface area (Å²) in [5.74, 6) is 1.46. The average Bonchev–Trinajstić information content (AvgIpc) is 2.82. The van der Waals surface area contributed by atoms with Crippen molar-refractivity contribution in [3.63, 3.8) is 0 Å². The predicted molar refractivity (Wildman–Crippen MR) is 60.1 cm³/mol. The fourth-order valence-electron chi connectivity index (χ4n) is 1.84. The minimum absolute atomic E-state index is 0.258. The third kappa shape index (κ3) is 2.36. The Bertz CT molecular complexity index is 375. The lowest BCUT2D eigenvalue weighted by molar-refractivity contribution is -0.175. The van der Waals surface area contributed by atoms with E-state index in [4.69, 9.17) is 23.7 Å². The Kier molecular flexibility index (Phi) is 3.83. The summed E-state index contributed by atoms with van der Waals surface area (Å²) in [5, 5.41) is 0. The second-order valence-corrected chi connectivity index (χ2v) is 3.61. The van der Waals surface area contributed by atoms with Gasteiger partial charge in [0.2, 0.25) is 6.79 Å². The maximum atomic E-state index is 5.39. The Morgan fingerprint density at radius 1 is 1.00 bits per heavy atom. The second kappa shape index (κ2) is 5.35. The van der Waals surface area contributed by atoms with Crippen molar-refractivity contribution in [3.05, 3.63) is 23.8 Å². The summed E-state index contributed by atoms with van der Waals surface area (Å²) in [5.41, 5.74) is 0.922. The van der Waals surface area contributed by atoms with Gasteiger partial charge in [-0.15, -0.1) is 0 Å². The quantitative estimate of drug-likeness (QED) is 0.733. The van der Waals surface area contributed by atoms with Gasteiger partial charge in [0.15, 0.2) is 17.8 Å². The van der Waals surface area contributed by atoms with Crippen molar-refractivity contribution in [2.75, 3.05) is 28.1 Å². The van der Waals surface area contributed by atoms with Crippen LogP contribution in [0.2, 0.25) is 0 Å². The van der Waals surface area contributed by atoms with Crippen LogP contribution in [0.1, 0.15) is 11.7 Å². The smallest absolute Gasteiger partial charge is 0.231 e. The maximum Gasteiger partial charge on any atom is 0.231 e. The van der Waals surface area contributed by atoms with Crippen LogP contribution >= 0.6 is 0 Å². The van der Waals surface area contributed by atoms with Gasteiger partial charge >= 0.3 is 0 Å². The van der Waals surface area contributed by atoms with Gasteiger partial charge in [-0.3, -0.25) is 0 Å². The molecule has 0 saturated carbocycles. The molecule has 94 valence electrons. The molecule has 5 nitrogen and oxygen atoms in total. The summed E-state index contributed by atoms with van der Waals surface area (Å²) in [7, 11) is 4.76. The largest absolute Gasteiger partial charge is 0.454 e. The topological polar surface area (TPSA) is 46.2 Å². The molecule has 0 N–H and O–H groups in total. The monoisotopic (exact) mass is 240 g/mol. The van der Waals surface area contributed by atoms with Gasteiger partial charge in [-0.1, -0.05) is 6.07 Å². The standard InChI is InChI=1S/C12H16O5/c1-13-11(12(14-2)15-3)8-4-5-9-10(6-8)17-7-16-9/h4-6,11-12H,7H2,1-3H3/t11-/m0/s1. The van der Waals surface area contributed by atoms with Crippen LogP contribution < -0.4 is 9.47 Å². The molecular weight excluding hydrogens is 224 g/mol. The summed E-state index contributed by atoms with van der Waals surface area (Å²) in [6.07, 6.45) is -0.764. The fourth-order valence-corrected chi connectivity index (χ4v) is 1.84. The highest BCUT2D eigenvalue weighted by Crippen LogP contribution is 2.35. The third-order valence-corrected chi connectivity index (χ3v) is 2.69. The van der Waals surface area contributed by atoms with Crippen LogP contribution in [0.5, 0.6) is 11.5 Å². The molecule has 1 aliphatic rings. The number of benzene rings is 1. The van der Waals surface area contributed by atoms with Gasteiger partial charge in [0, 0.05) is 21.3 Å². The lowest BCUT2D eigenvalue weighted by Gasteiger charge is -2.23. The normalized spacial score (nSPS) is 15.3. The molecule has 2 rings (SSSR count). The van der Waals surface area contributed by atoms with Gasteiger partial charge in [0.1, 0.15) is 6.10 Å². The van der Waals surface area contributed by atoms with E-state index in [0.717, 1.165) is 17.1 Å². The Morgan fingerprint density at radius 2 is 1.71 bits per heavy atom. The first-order chi connectivity index (χ1) is 8.30. The number of ether oxygens (including phenoxy) is 5. The Labute approximate surface area is 100 Å². The van der Waals surface area contributed by atoms with Crippen LogP contribution in [-0.4, -0.2) is 34.4 Å². The minimum Gasteiger partial charge on any atom is -0.454 e. The van der Waals surface area contributed by atoms with Crippen molar-refractivity contribution in [3.8, 4) is 11.5 Å². The van der Waals surface area contributed by atoms with Gasteiger partial charge in [-0.25, -0.2) is 0 Å². The first kappa shape index (κ1) is 12.2. The van der Waals surface area contributed by atoms with Gasteiger partial charge < -0.3 is 23.7 Å². The molecule has 0 saturated heterocycles. The van der Waals surface area contributed by atoms with E-state index >= 15 is 0 Å². The number of fused-ring (bicyclic) bond motifs is 1. The molecule has 17 heavy (non-hydrogen) atoms. The molecule has 0 fully saturated rings. The van der Waals surface area contributed by atoms with Gasteiger partial charge in [0.25, 0.3) is 0 Å². The molecule has 1 aromatic carbocycles. The molecule has 0 bridgehead atoms. The molecule has 0 amide bonds. The summed E-state index contributed by atoms with van der Waals surface area (Å²) in [4.78, 5) is 0. The summed E-state index contributed by atoms with van der Waals surface area (Å²) >= 11 is 0. The molecule has 1 aromatic rings. The highest BCUT2D eigenvalue weighted by atomic mass is 16.7. The van der Waals surface area contributed by atoms with Crippen molar-refractivity contribution in [1.82, 2.24) is 0 Å². The van der Waals surface area contributed by atoms with Crippen molar-refractivity contribution < 1.29 is 23.7 Å². The SMILES string of the molecule is COC(OC)[C@@H](OC)c1ccc2c(c1)OCO2. The molecule has 0 aromatic heterocycles. The first-order valence-electron chi connectivity index (χ1n) is 5.28. The number of hydrogen-bond acceptors (Lipinski definition) is 5. The molecule has 0 radical (unpaired) electrons. The van der Waals surface area contributed by atoms with Crippen LogP contribution in [0, 0.1) is 0 Å². The van der Waals surface area contributed by atoms with Crippen LogP contribution in [0.4, 0.5) is 0 Å². The van der Waals surface area contributed by atoms with E-state index in [1.807, 2.05) is 18.2 Å². The van der Waals surface area contributed by atoms with E-state index in [2.05, 4.69) is 0 Å². The lowest BCUT2D eigenvalue weighted by atomic mass is 10.1. The van der Waals surface area contributed by atoms with Crippen molar-refractivity contribution in [2.45, 2.75) is 12.4 Å². The first-order valence-corrected chi connectivity index (χ1v) is 5.28. The molecule has 1 atom stereocenters. The zero-order chi connectivity index (χ0) is 12.3. The van der Waals surface area contributed by atoms with E-state index in [-0.39, 0.29) is 12.9 Å². The molecular formula is C12H16O5. The lowest BCUT2D eigenvalue weighted by Crippen LogP contribution is -2.24. The second-order valence-electron chi connectivity index (χ2n) is 3.61. The minimum atomic E-state index is -0.458. The molecule has 1 aliphatic heterocycles. The van der Waals surface area contributed by atoms with E-state index in [9.17, 15) is 0 Å². The van der Waals surface area contributed by atoms with Crippen molar-refractivity contribution in [1.29, 1.82) is 0 Å². The van der Waals surface area contributed by atoms with Crippen molar-refractivity contribution >= 4 is 0 Å². The maximum absolute atomic E-state index is 5.39. The van der Waals surface area contributed by atoms with E-state index in [1.165, 1.54) is 0 Å². The zero-order valence-electron chi connectivity index (χ0n) is 10.1. The predicted octanol–water partition coefficient (Wildman–Crippen LogP) is 1.72. The van der Waals surface area contributed by atoms with Crippen LogP contribution in [-0.2, 0) is 14.2 Å². The molecule has 0 spiro atoms. The van der Waals surface area contributed by atoms with E-state index in [0.29, 0.717) is 0 Å². The van der Waals surface area contributed by atoms with Crippen LogP contribution in [0.15, 0.2) is 18.2 Å². The highest BCUT2D eigenvalue weighted by molar-refractivity contribution is 5.45. The zero-order valence-corrected chi connectivity index (χ0v) is 10.1. The Morgan fingerprint density at radius 3 is 2.35 bits per heavy atom. The molecule has 0 aliphatic carbocycles. The summed E-state index contributed by atoms with van der Waals surface area (Å²) < 4.78 is 26.4. The highest BCUT2D eigenvalue weighted by Gasteiger charge is 2.25.